The summed E-state index contributed by atoms with van der Waals surface area (Å²) in [5.41, 5.74) is 1.39. The highest BCUT2D eigenvalue weighted by Crippen LogP contribution is 2.31. The average Bonchev–Trinajstić information content (AvgIpc) is 2.71. The Bertz CT molecular complexity index is 1210. The van der Waals surface area contributed by atoms with Gasteiger partial charge in [0.15, 0.2) is 6.10 Å². The summed E-state index contributed by atoms with van der Waals surface area (Å²) < 4.78 is 11.5. The minimum atomic E-state index is -0.657. The Kier molecular flexibility index (Phi) is 4.24. The third-order valence-electron chi connectivity index (χ3n) is 4.72. The number of ether oxygens (including phenoxy) is 1. The van der Waals surface area contributed by atoms with Crippen molar-refractivity contribution in [3.8, 4) is 5.75 Å². The predicted octanol–water partition coefficient (Wildman–Crippen LogP) is 4.90. The first-order valence-electron chi connectivity index (χ1n) is 8.77. The Morgan fingerprint density at radius 3 is 2.30 bits per heavy atom. The van der Waals surface area contributed by atoms with E-state index in [0.29, 0.717) is 27.8 Å². The largest absolute Gasteiger partial charge is 0.482 e. The van der Waals surface area contributed by atoms with E-state index in [9.17, 15) is 9.59 Å². The number of aryl methyl sites for hydroxylation is 1. The van der Waals surface area contributed by atoms with Crippen molar-refractivity contribution < 1.29 is 13.9 Å². The number of fused-ring (bicyclic) bond motifs is 3. The second-order valence-corrected chi connectivity index (χ2v) is 6.49. The van der Waals surface area contributed by atoms with Crippen LogP contribution in [0.4, 0.5) is 0 Å². The molecule has 1 atom stereocenters. The van der Waals surface area contributed by atoms with E-state index in [1.54, 1.807) is 25.1 Å². The fourth-order valence-corrected chi connectivity index (χ4v) is 3.27. The van der Waals surface area contributed by atoms with Gasteiger partial charge in [0, 0.05) is 16.5 Å². The lowest BCUT2D eigenvalue weighted by molar-refractivity contribution is 0.0817. The molecule has 27 heavy (non-hydrogen) atoms. The number of hydrogen-bond acceptors (Lipinski definition) is 4. The van der Waals surface area contributed by atoms with Crippen molar-refractivity contribution in [3.05, 3.63) is 88.3 Å². The van der Waals surface area contributed by atoms with Crippen molar-refractivity contribution in [2.24, 2.45) is 0 Å². The van der Waals surface area contributed by atoms with Gasteiger partial charge < -0.3 is 9.15 Å². The molecule has 1 heterocycles. The molecular weight excluding hydrogens is 340 g/mol. The Labute approximate surface area is 156 Å². The minimum absolute atomic E-state index is 0.102. The summed E-state index contributed by atoms with van der Waals surface area (Å²) in [6.45, 7) is 3.55. The molecule has 4 aromatic rings. The van der Waals surface area contributed by atoms with E-state index in [1.165, 1.54) is 0 Å². The van der Waals surface area contributed by atoms with Gasteiger partial charge in [-0.3, -0.25) is 4.79 Å². The van der Waals surface area contributed by atoms with Crippen LogP contribution in [0.2, 0.25) is 0 Å². The average molecular weight is 358 g/mol. The van der Waals surface area contributed by atoms with Crippen LogP contribution < -0.4 is 10.4 Å². The molecule has 0 aliphatic carbocycles. The van der Waals surface area contributed by atoms with Crippen LogP contribution in [-0.4, -0.2) is 11.9 Å². The van der Waals surface area contributed by atoms with Gasteiger partial charge in [0.05, 0.1) is 5.39 Å². The molecule has 4 heteroatoms. The first kappa shape index (κ1) is 17.0. The first-order valence-corrected chi connectivity index (χ1v) is 8.77. The van der Waals surface area contributed by atoms with Crippen LogP contribution in [-0.2, 0) is 0 Å². The maximum atomic E-state index is 12.6. The number of benzene rings is 3. The van der Waals surface area contributed by atoms with Crippen LogP contribution in [0, 0.1) is 6.92 Å². The maximum Gasteiger partial charge on any atom is 0.344 e. The number of hydrogen-bond donors (Lipinski definition) is 0. The summed E-state index contributed by atoms with van der Waals surface area (Å²) >= 11 is 0. The van der Waals surface area contributed by atoms with Crippen LogP contribution >= 0.6 is 0 Å². The Hall–Kier alpha value is -3.40. The molecule has 1 unspecified atom stereocenters. The summed E-state index contributed by atoms with van der Waals surface area (Å²) in [5.74, 6) is 0.424. The zero-order chi connectivity index (χ0) is 19.0. The molecule has 0 amide bonds. The Morgan fingerprint density at radius 2 is 1.56 bits per heavy atom. The fraction of sp³-hybridized carbons (Fsp3) is 0.130. The third-order valence-corrected chi connectivity index (χ3v) is 4.72. The molecule has 0 spiro atoms. The molecule has 0 fully saturated rings. The van der Waals surface area contributed by atoms with Crippen LogP contribution in [0.3, 0.4) is 0 Å². The topological polar surface area (TPSA) is 56.5 Å². The van der Waals surface area contributed by atoms with Crippen LogP contribution in [0.25, 0.3) is 21.7 Å². The normalized spacial score (nSPS) is 12.2. The number of ketones is 1. The van der Waals surface area contributed by atoms with Crippen molar-refractivity contribution in [2.75, 3.05) is 0 Å². The van der Waals surface area contributed by atoms with Gasteiger partial charge in [-0.1, -0.05) is 48.5 Å². The van der Waals surface area contributed by atoms with E-state index in [2.05, 4.69) is 0 Å². The van der Waals surface area contributed by atoms with Crippen molar-refractivity contribution in [2.45, 2.75) is 20.0 Å². The summed E-state index contributed by atoms with van der Waals surface area (Å²) in [5, 5.41) is 2.23. The Balaban J connectivity index is 1.75. The standard InChI is InChI=1S/C23H18O4/c1-14-20(26-15(2)21(24)16-8-4-3-5-9-16)13-12-18-17-10-6-7-11-19(17)23(25)27-22(14)18/h3-13,15H,1-2H3. The monoisotopic (exact) mass is 358 g/mol. The van der Waals surface area contributed by atoms with Gasteiger partial charge in [0.1, 0.15) is 11.3 Å². The van der Waals surface area contributed by atoms with Gasteiger partial charge in [-0.05, 0) is 37.4 Å². The molecule has 0 saturated heterocycles. The second-order valence-electron chi connectivity index (χ2n) is 6.49. The summed E-state index contributed by atoms with van der Waals surface area (Å²) in [4.78, 5) is 24.9. The molecule has 3 aromatic carbocycles. The molecule has 1 aromatic heterocycles. The van der Waals surface area contributed by atoms with E-state index in [-0.39, 0.29) is 11.4 Å². The minimum Gasteiger partial charge on any atom is -0.482 e. The SMILES string of the molecule is Cc1c(OC(C)C(=O)c2ccccc2)ccc2c1oc(=O)c1ccccc12. The lowest BCUT2D eigenvalue weighted by Crippen LogP contribution is -2.24. The molecule has 0 aliphatic heterocycles. The van der Waals surface area contributed by atoms with E-state index >= 15 is 0 Å². The van der Waals surface area contributed by atoms with Gasteiger partial charge in [0.25, 0.3) is 0 Å². The van der Waals surface area contributed by atoms with E-state index in [4.69, 9.17) is 9.15 Å². The number of carbonyl (C=O) groups is 1. The van der Waals surface area contributed by atoms with E-state index in [0.717, 1.165) is 10.8 Å². The van der Waals surface area contributed by atoms with Gasteiger partial charge in [0.2, 0.25) is 5.78 Å². The highest BCUT2D eigenvalue weighted by Gasteiger charge is 2.19. The quantitative estimate of drug-likeness (QED) is 0.296. The fourth-order valence-electron chi connectivity index (χ4n) is 3.27. The molecular formula is C23H18O4. The lowest BCUT2D eigenvalue weighted by atomic mass is 10.0. The first-order chi connectivity index (χ1) is 13.1. The van der Waals surface area contributed by atoms with Crippen molar-refractivity contribution in [1.82, 2.24) is 0 Å². The predicted molar refractivity (Wildman–Crippen MR) is 106 cm³/mol. The van der Waals surface area contributed by atoms with Crippen molar-refractivity contribution in [3.63, 3.8) is 0 Å². The van der Waals surface area contributed by atoms with Gasteiger partial charge in [-0.25, -0.2) is 4.79 Å². The van der Waals surface area contributed by atoms with Crippen molar-refractivity contribution >= 4 is 27.5 Å². The van der Waals surface area contributed by atoms with Crippen LogP contribution in [0.1, 0.15) is 22.8 Å². The van der Waals surface area contributed by atoms with Crippen LogP contribution in [0.5, 0.6) is 5.75 Å². The van der Waals surface area contributed by atoms with E-state index < -0.39 is 6.10 Å². The molecule has 0 aliphatic rings. The molecule has 4 nitrogen and oxygen atoms in total. The molecule has 4 rings (SSSR count). The molecule has 0 bridgehead atoms. The molecule has 0 N–H and O–H groups in total. The number of Topliss-reactive ketones (excluding diaryl/α,β-unsaturated/α-hetero) is 1. The molecule has 134 valence electrons. The smallest absolute Gasteiger partial charge is 0.344 e. The zero-order valence-electron chi connectivity index (χ0n) is 15.1. The maximum absolute atomic E-state index is 12.6. The van der Waals surface area contributed by atoms with Gasteiger partial charge in [-0.2, -0.15) is 0 Å². The van der Waals surface area contributed by atoms with Crippen LogP contribution in [0.15, 0.2) is 75.9 Å². The van der Waals surface area contributed by atoms with E-state index in [1.807, 2.05) is 55.5 Å². The van der Waals surface area contributed by atoms with Crippen molar-refractivity contribution in [1.29, 1.82) is 0 Å². The highest BCUT2D eigenvalue weighted by molar-refractivity contribution is 6.05. The highest BCUT2D eigenvalue weighted by atomic mass is 16.5. The number of rotatable bonds is 4. The molecule has 0 radical (unpaired) electrons. The summed E-state index contributed by atoms with van der Waals surface area (Å²) in [7, 11) is 0. The summed E-state index contributed by atoms with van der Waals surface area (Å²) in [6, 6.07) is 20.1. The number of carbonyl (C=O) groups excluding carboxylic acids is 1. The van der Waals surface area contributed by atoms with Gasteiger partial charge in [-0.15, -0.1) is 0 Å². The second kappa shape index (κ2) is 6.72. The zero-order valence-corrected chi connectivity index (χ0v) is 15.1. The van der Waals surface area contributed by atoms with Gasteiger partial charge >= 0.3 is 5.63 Å². The summed E-state index contributed by atoms with van der Waals surface area (Å²) in [6.07, 6.45) is -0.657. The molecule has 0 saturated carbocycles. The third kappa shape index (κ3) is 2.99. The lowest BCUT2D eigenvalue weighted by Gasteiger charge is -2.16. The Morgan fingerprint density at radius 1 is 0.889 bits per heavy atom.